The molecular weight excluding hydrogens is 228 g/mol. The number of morpholine rings is 1. The Morgan fingerprint density at radius 2 is 1.94 bits per heavy atom. The average Bonchev–Trinajstić information content (AvgIpc) is 2.37. The Morgan fingerprint density at radius 3 is 2.67 bits per heavy atom. The van der Waals surface area contributed by atoms with E-state index in [0.717, 1.165) is 64.9 Å². The van der Waals surface area contributed by atoms with E-state index in [4.69, 9.17) is 9.47 Å². The molecule has 18 heavy (non-hydrogen) atoms. The van der Waals surface area contributed by atoms with Crippen molar-refractivity contribution in [1.29, 1.82) is 0 Å². The van der Waals surface area contributed by atoms with E-state index in [-0.39, 0.29) is 0 Å². The van der Waals surface area contributed by atoms with Gasteiger partial charge in [0.25, 0.3) is 0 Å². The highest BCUT2D eigenvalue weighted by Gasteiger charge is 2.08. The summed E-state index contributed by atoms with van der Waals surface area (Å²) >= 11 is 0. The van der Waals surface area contributed by atoms with E-state index < -0.39 is 0 Å². The van der Waals surface area contributed by atoms with E-state index in [2.05, 4.69) is 24.1 Å². The summed E-state index contributed by atoms with van der Waals surface area (Å²) in [5, 5.41) is 3.43. The fourth-order valence-corrected chi connectivity index (χ4v) is 1.94. The van der Waals surface area contributed by atoms with Crippen LogP contribution < -0.4 is 5.32 Å². The Hall–Kier alpha value is -0.160. The van der Waals surface area contributed by atoms with Gasteiger partial charge in [0.1, 0.15) is 0 Å². The molecule has 0 amide bonds. The highest BCUT2D eigenvalue weighted by Crippen LogP contribution is 1.98. The summed E-state index contributed by atoms with van der Waals surface area (Å²) in [6.07, 6.45) is 2.38. The van der Waals surface area contributed by atoms with Crippen LogP contribution >= 0.6 is 0 Å². The molecule has 0 unspecified atom stereocenters. The van der Waals surface area contributed by atoms with Gasteiger partial charge in [0.2, 0.25) is 0 Å². The second kappa shape index (κ2) is 10.7. The van der Waals surface area contributed by atoms with Crippen LogP contribution in [0.1, 0.15) is 26.7 Å². The third kappa shape index (κ3) is 8.86. The molecule has 1 aliphatic heterocycles. The van der Waals surface area contributed by atoms with Crippen LogP contribution in [-0.2, 0) is 9.47 Å². The van der Waals surface area contributed by atoms with E-state index in [1.54, 1.807) is 0 Å². The molecule has 0 aromatic heterocycles. The topological polar surface area (TPSA) is 33.7 Å². The lowest BCUT2D eigenvalue weighted by Crippen LogP contribution is -2.37. The smallest absolute Gasteiger partial charge is 0.0594 e. The van der Waals surface area contributed by atoms with Crippen molar-refractivity contribution < 1.29 is 9.47 Å². The minimum atomic E-state index is 0.742. The van der Waals surface area contributed by atoms with Gasteiger partial charge in [-0.1, -0.05) is 13.8 Å². The summed E-state index contributed by atoms with van der Waals surface area (Å²) < 4.78 is 10.9. The fraction of sp³-hybridized carbons (Fsp3) is 1.00. The zero-order chi connectivity index (χ0) is 13.1. The van der Waals surface area contributed by atoms with Crippen LogP contribution in [-0.4, -0.2) is 64.1 Å². The van der Waals surface area contributed by atoms with Crippen molar-refractivity contribution in [1.82, 2.24) is 10.2 Å². The van der Waals surface area contributed by atoms with Crippen molar-refractivity contribution in [3.63, 3.8) is 0 Å². The summed E-state index contributed by atoms with van der Waals surface area (Å²) in [7, 11) is 0. The molecule has 108 valence electrons. The number of hydrogen-bond donors (Lipinski definition) is 1. The molecule has 0 spiro atoms. The molecule has 4 heteroatoms. The normalized spacial score (nSPS) is 17.5. The van der Waals surface area contributed by atoms with Crippen LogP contribution in [0.15, 0.2) is 0 Å². The lowest BCUT2D eigenvalue weighted by Gasteiger charge is -2.26. The van der Waals surface area contributed by atoms with Gasteiger partial charge in [-0.15, -0.1) is 0 Å². The van der Waals surface area contributed by atoms with E-state index in [0.29, 0.717) is 0 Å². The quantitative estimate of drug-likeness (QED) is 0.600. The van der Waals surface area contributed by atoms with Crippen LogP contribution in [0.3, 0.4) is 0 Å². The maximum Gasteiger partial charge on any atom is 0.0594 e. The molecule has 1 fully saturated rings. The zero-order valence-electron chi connectivity index (χ0n) is 12.1. The molecule has 0 aromatic carbocycles. The first kappa shape index (κ1) is 15.9. The van der Waals surface area contributed by atoms with Gasteiger partial charge in [0, 0.05) is 26.2 Å². The molecule has 1 saturated heterocycles. The summed E-state index contributed by atoms with van der Waals surface area (Å²) in [6, 6.07) is 0. The predicted octanol–water partition coefficient (Wildman–Crippen LogP) is 1.36. The van der Waals surface area contributed by atoms with Gasteiger partial charge in [0.05, 0.1) is 19.8 Å². The summed E-state index contributed by atoms with van der Waals surface area (Å²) in [4.78, 5) is 2.48. The number of nitrogens with zero attached hydrogens (tertiary/aromatic N) is 1. The molecule has 1 N–H and O–H groups in total. The molecule has 0 bridgehead atoms. The lowest BCUT2D eigenvalue weighted by atomic mass is 10.1. The molecule has 1 rings (SSSR count). The van der Waals surface area contributed by atoms with E-state index in [1.165, 1.54) is 13.0 Å². The van der Waals surface area contributed by atoms with Crippen molar-refractivity contribution in [2.24, 2.45) is 5.92 Å². The van der Waals surface area contributed by atoms with Gasteiger partial charge in [-0.2, -0.15) is 0 Å². The first-order valence-electron chi connectivity index (χ1n) is 7.37. The van der Waals surface area contributed by atoms with Crippen LogP contribution in [0, 0.1) is 5.92 Å². The highest BCUT2D eigenvalue weighted by atomic mass is 16.5. The first-order valence-corrected chi connectivity index (χ1v) is 7.37. The monoisotopic (exact) mass is 258 g/mol. The second-order valence-electron chi connectivity index (χ2n) is 5.35. The van der Waals surface area contributed by atoms with E-state index in [9.17, 15) is 0 Å². The predicted molar refractivity (Wildman–Crippen MR) is 75.0 cm³/mol. The zero-order valence-corrected chi connectivity index (χ0v) is 12.1. The van der Waals surface area contributed by atoms with Crippen molar-refractivity contribution in [3.8, 4) is 0 Å². The van der Waals surface area contributed by atoms with Gasteiger partial charge >= 0.3 is 0 Å². The molecule has 0 aromatic rings. The highest BCUT2D eigenvalue weighted by molar-refractivity contribution is 4.62. The van der Waals surface area contributed by atoms with Crippen LogP contribution in [0.25, 0.3) is 0 Å². The second-order valence-corrected chi connectivity index (χ2v) is 5.35. The van der Waals surface area contributed by atoms with Crippen molar-refractivity contribution in [3.05, 3.63) is 0 Å². The Kier molecular flexibility index (Phi) is 9.48. The summed E-state index contributed by atoms with van der Waals surface area (Å²) in [5.74, 6) is 0.742. The minimum Gasteiger partial charge on any atom is -0.380 e. The van der Waals surface area contributed by atoms with Crippen LogP contribution in [0.4, 0.5) is 0 Å². The number of rotatable bonds is 10. The Labute approximate surface area is 112 Å². The summed E-state index contributed by atoms with van der Waals surface area (Å²) in [6.45, 7) is 13.4. The molecule has 0 atom stereocenters. The number of ether oxygens (including phenoxy) is 2. The Morgan fingerprint density at radius 1 is 1.17 bits per heavy atom. The number of nitrogens with one attached hydrogen (secondary N) is 1. The minimum absolute atomic E-state index is 0.742. The van der Waals surface area contributed by atoms with Gasteiger partial charge in [-0.25, -0.2) is 0 Å². The SMILES string of the molecule is CC(C)CCOCCNCCCN1CCOCC1. The molecule has 0 saturated carbocycles. The van der Waals surface area contributed by atoms with Crippen LogP contribution in [0.5, 0.6) is 0 Å². The third-order valence-corrected chi connectivity index (χ3v) is 3.19. The molecule has 1 heterocycles. The maximum absolute atomic E-state index is 5.55. The van der Waals surface area contributed by atoms with Gasteiger partial charge < -0.3 is 14.8 Å². The standard InChI is InChI=1S/C14H30N2O2/c1-14(2)4-10-17-11-6-15-5-3-7-16-8-12-18-13-9-16/h14-15H,3-13H2,1-2H3. The third-order valence-electron chi connectivity index (χ3n) is 3.19. The Bertz CT molecular complexity index is 183. The first-order chi connectivity index (χ1) is 8.79. The average molecular weight is 258 g/mol. The molecular formula is C14H30N2O2. The summed E-state index contributed by atoms with van der Waals surface area (Å²) in [5.41, 5.74) is 0. The van der Waals surface area contributed by atoms with Crippen molar-refractivity contribution >= 4 is 0 Å². The molecule has 1 aliphatic rings. The number of hydrogen-bond acceptors (Lipinski definition) is 4. The molecule has 0 radical (unpaired) electrons. The largest absolute Gasteiger partial charge is 0.380 e. The molecule has 0 aliphatic carbocycles. The molecule has 4 nitrogen and oxygen atoms in total. The van der Waals surface area contributed by atoms with E-state index >= 15 is 0 Å². The lowest BCUT2D eigenvalue weighted by molar-refractivity contribution is 0.0374. The van der Waals surface area contributed by atoms with Gasteiger partial charge in [-0.3, -0.25) is 4.90 Å². The van der Waals surface area contributed by atoms with E-state index in [1.807, 2.05) is 0 Å². The Balaban J connectivity index is 1.75. The van der Waals surface area contributed by atoms with Crippen LogP contribution in [0.2, 0.25) is 0 Å². The van der Waals surface area contributed by atoms with Gasteiger partial charge in [-0.05, 0) is 31.8 Å². The maximum atomic E-state index is 5.55. The van der Waals surface area contributed by atoms with Crippen molar-refractivity contribution in [2.75, 3.05) is 59.2 Å². The van der Waals surface area contributed by atoms with Crippen molar-refractivity contribution in [2.45, 2.75) is 26.7 Å². The fourth-order valence-electron chi connectivity index (χ4n) is 1.94. The van der Waals surface area contributed by atoms with Gasteiger partial charge in [0.15, 0.2) is 0 Å².